The van der Waals surface area contributed by atoms with Crippen LogP contribution in [0.1, 0.15) is 18.0 Å². The average Bonchev–Trinajstić information content (AvgIpc) is 2.03. The second-order valence-electron chi connectivity index (χ2n) is 2.82. The van der Waals surface area contributed by atoms with Crippen LogP contribution in [0.25, 0.3) is 0 Å². The lowest BCUT2D eigenvalue weighted by molar-refractivity contribution is 0.276. The summed E-state index contributed by atoms with van der Waals surface area (Å²) in [5, 5.41) is 9.82. The number of hydrogen-bond acceptors (Lipinski definition) is 2. The molecule has 0 saturated heterocycles. The monoisotopic (exact) mass is 219 g/mol. The van der Waals surface area contributed by atoms with Gasteiger partial charge in [0.15, 0.2) is 0 Å². The third kappa shape index (κ3) is 3.16. The lowest BCUT2D eigenvalue weighted by Gasteiger charge is -2.10. The van der Waals surface area contributed by atoms with Gasteiger partial charge >= 0.3 is 0 Å². The van der Waals surface area contributed by atoms with Gasteiger partial charge in [-0.2, -0.15) is 0 Å². The Morgan fingerprint density at radius 3 is 2.23 bits per heavy atom. The fourth-order valence-corrected chi connectivity index (χ4v) is 1.64. The zero-order valence-electron chi connectivity index (χ0n) is 7.00. The molecule has 0 aliphatic carbocycles. The summed E-state index contributed by atoms with van der Waals surface area (Å²) >= 11 is 11.6. The van der Waals surface area contributed by atoms with Crippen LogP contribution in [-0.4, -0.2) is 11.7 Å². The normalized spacial score (nSPS) is 12.9. The predicted molar refractivity (Wildman–Crippen MR) is 55.1 cm³/mol. The number of nitrogens with two attached hydrogens (primary N) is 1. The summed E-state index contributed by atoms with van der Waals surface area (Å²) in [4.78, 5) is 0. The summed E-state index contributed by atoms with van der Waals surface area (Å²) in [6, 6.07) is 4.96. The Morgan fingerprint density at radius 2 is 1.77 bits per heavy atom. The van der Waals surface area contributed by atoms with E-state index >= 15 is 0 Å². The van der Waals surface area contributed by atoms with Gasteiger partial charge < -0.3 is 10.8 Å². The maximum atomic E-state index is 8.69. The molecular formula is C9H11Cl2NO. The molecule has 3 N–H and O–H groups in total. The minimum atomic E-state index is -0.207. The van der Waals surface area contributed by atoms with E-state index in [4.69, 9.17) is 34.0 Å². The third-order valence-corrected chi connectivity index (χ3v) is 2.19. The van der Waals surface area contributed by atoms with Crippen molar-refractivity contribution in [3.63, 3.8) is 0 Å². The molecule has 1 aromatic rings. The molecule has 0 aliphatic heterocycles. The molecular weight excluding hydrogens is 209 g/mol. The third-order valence-electron chi connectivity index (χ3n) is 1.75. The van der Waals surface area contributed by atoms with E-state index in [-0.39, 0.29) is 12.6 Å². The van der Waals surface area contributed by atoms with E-state index in [1.54, 1.807) is 18.2 Å². The molecule has 0 aliphatic rings. The molecule has 0 spiro atoms. The molecule has 0 bridgehead atoms. The van der Waals surface area contributed by atoms with E-state index < -0.39 is 0 Å². The summed E-state index contributed by atoms with van der Waals surface area (Å²) in [5.41, 5.74) is 6.62. The van der Waals surface area contributed by atoms with Crippen molar-refractivity contribution < 1.29 is 5.11 Å². The van der Waals surface area contributed by atoms with Gasteiger partial charge in [-0.05, 0) is 30.2 Å². The van der Waals surface area contributed by atoms with Crippen molar-refractivity contribution in [2.75, 3.05) is 6.61 Å². The Hall–Kier alpha value is -0.280. The molecule has 0 aromatic heterocycles. The lowest BCUT2D eigenvalue weighted by Crippen LogP contribution is -2.11. The minimum Gasteiger partial charge on any atom is -0.396 e. The molecule has 1 unspecified atom stereocenters. The molecule has 0 amide bonds. The summed E-state index contributed by atoms with van der Waals surface area (Å²) in [7, 11) is 0. The van der Waals surface area contributed by atoms with Crippen molar-refractivity contribution >= 4 is 23.2 Å². The first kappa shape index (κ1) is 10.8. The Kier molecular flexibility index (Phi) is 4.00. The molecule has 1 atom stereocenters. The largest absolute Gasteiger partial charge is 0.396 e. The second-order valence-corrected chi connectivity index (χ2v) is 3.69. The van der Waals surface area contributed by atoms with Crippen molar-refractivity contribution in [1.82, 2.24) is 0 Å². The molecule has 1 rings (SSSR count). The number of hydrogen-bond donors (Lipinski definition) is 2. The molecule has 0 radical (unpaired) electrons. The Morgan fingerprint density at radius 1 is 1.23 bits per heavy atom. The van der Waals surface area contributed by atoms with Crippen LogP contribution in [0.4, 0.5) is 0 Å². The van der Waals surface area contributed by atoms with Gasteiger partial charge in [-0.1, -0.05) is 23.2 Å². The van der Waals surface area contributed by atoms with Crippen molar-refractivity contribution in [1.29, 1.82) is 0 Å². The maximum absolute atomic E-state index is 8.69. The van der Waals surface area contributed by atoms with Crippen LogP contribution in [0.3, 0.4) is 0 Å². The maximum Gasteiger partial charge on any atom is 0.0449 e. The first-order chi connectivity index (χ1) is 6.13. The van der Waals surface area contributed by atoms with Gasteiger partial charge in [0.2, 0.25) is 0 Å². The Labute approximate surface area is 87.3 Å². The van der Waals surface area contributed by atoms with Crippen LogP contribution in [0, 0.1) is 0 Å². The molecule has 1 aromatic carbocycles. The first-order valence-electron chi connectivity index (χ1n) is 3.96. The van der Waals surface area contributed by atoms with Gasteiger partial charge in [0, 0.05) is 22.7 Å². The van der Waals surface area contributed by atoms with Crippen LogP contribution in [-0.2, 0) is 0 Å². The Bertz CT molecular complexity index is 271. The molecule has 0 fully saturated rings. The van der Waals surface area contributed by atoms with E-state index in [9.17, 15) is 0 Å². The minimum absolute atomic E-state index is 0.0608. The number of halogens is 2. The van der Waals surface area contributed by atoms with Crippen LogP contribution >= 0.6 is 23.2 Å². The zero-order chi connectivity index (χ0) is 9.84. The quantitative estimate of drug-likeness (QED) is 0.821. The zero-order valence-corrected chi connectivity index (χ0v) is 8.52. The van der Waals surface area contributed by atoms with Crippen molar-refractivity contribution in [2.24, 2.45) is 5.73 Å². The molecule has 72 valence electrons. The van der Waals surface area contributed by atoms with Crippen molar-refractivity contribution in [3.05, 3.63) is 33.8 Å². The van der Waals surface area contributed by atoms with Crippen molar-refractivity contribution in [3.8, 4) is 0 Å². The Balaban J connectivity index is 2.87. The highest BCUT2D eigenvalue weighted by Crippen LogP contribution is 2.23. The van der Waals surface area contributed by atoms with Gasteiger partial charge in [-0.25, -0.2) is 0 Å². The predicted octanol–water partition coefficient (Wildman–Crippen LogP) is 2.38. The van der Waals surface area contributed by atoms with Crippen LogP contribution in [0.5, 0.6) is 0 Å². The fraction of sp³-hybridized carbons (Fsp3) is 0.333. The van der Waals surface area contributed by atoms with E-state index in [0.717, 1.165) is 5.56 Å². The molecule has 2 nitrogen and oxygen atoms in total. The summed E-state index contributed by atoms with van der Waals surface area (Å²) in [6.07, 6.45) is 0.511. The fourth-order valence-electron chi connectivity index (χ4n) is 1.09. The van der Waals surface area contributed by atoms with E-state index in [1.165, 1.54) is 0 Å². The number of benzene rings is 1. The van der Waals surface area contributed by atoms with Gasteiger partial charge in [-0.15, -0.1) is 0 Å². The summed E-state index contributed by atoms with van der Waals surface area (Å²) in [6.45, 7) is 0.0608. The highest BCUT2D eigenvalue weighted by molar-refractivity contribution is 6.34. The smallest absolute Gasteiger partial charge is 0.0449 e. The number of aliphatic hydroxyl groups excluding tert-OH is 1. The number of aliphatic hydroxyl groups is 1. The average molecular weight is 220 g/mol. The molecule has 0 saturated carbocycles. The number of rotatable bonds is 3. The van der Waals surface area contributed by atoms with Gasteiger partial charge in [0.1, 0.15) is 0 Å². The van der Waals surface area contributed by atoms with E-state index in [1.807, 2.05) is 0 Å². The SMILES string of the molecule is NC(CCO)c1cc(Cl)cc(Cl)c1. The van der Waals surface area contributed by atoms with Crippen LogP contribution in [0.15, 0.2) is 18.2 Å². The van der Waals surface area contributed by atoms with Gasteiger partial charge in [-0.3, -0.25) is 0 Å². The second kappa shape index (κ2) is 4.82. The summed E-state index contributed by atoms with van der Waals surface area (Å²) in [5.74, 6) is 0. The standard InChI is InChI=1S/C9H11Cl2NO/c10-7-3-6(4-8(11)5-7)9(12)1-2-13/h3-5,9,13H,1-2,12H2. The van der Waals surface area contributed by atoms with Gasteiger partial charge in [0.05, 0.1) is 0 Å². The molecule has 0 heterocycles. The van der Waals surface area contributed by atoms with E-state index in [2.05, 4.69) is 0 Å². The van der Waals surface area contributed by atoms with Gasteiger partial charge in [0.25, 0.3) is 0 Å². The molecule has 13 heavy (non-hydrogen) atoms. The highest BCUT2D eigenvalue weighted by Gasteiger charge is 2.06. The van der Waals surface area contributed by atoms with Crippen molar-refractivity contribution in [2.45, 2.75) is 12.5 Å². The highest BCUT2D eigenvalue weighted by atomic mass is 35.5. The topological polar surface area (TPSA) is 46.2 Å². The van der Waals surface area contributed by atoms with Crippen LogP contribution in [0.2, 0.25) is 10.0 Å². The first-order valence-corrected chi connectivity index (χ1v) is 4.71. The van der Waals surface area contributed by atoms with Crippen LogP contribution < -0.4 is 5.73 Å². The lowest BCUT2D eigenvalue weighted by atomic mass is 10.1. The van der Waals surface area contributed by atoms with E-state index in [0.29, 0.717) is 16.5 Å². The summed E-state index contributed by atoms with van der Waals surface area (Å²) < 4.78 is 0. The molecule has 4 heteroatoms.